The van der Waals surface area contributed by atoms with Gasteiger partial charge in [-0.25, -0.2) is 4.98 Å². The Morgan fingerprint density at radius 2 is 2.31 bits per heavy atom. The summed E-state index contributed by atoms with van der Waals surface area (Å²) >= 11 is 0. The van der Waals surface area contributed by atoms with Gasteiger partial charge in [-0.05, 0) is 31.5 Å². The third-order valence-electron chi connectivity index (χ3n) is 2.16. The molecule has 68 valence electrons. The standard InChI is InChI=1S/C10H13N3/c1-7-3-4-13-6-12-10(8(2)11)9(13)5-7/h3-6,8H,11H2,1-2H3. The molecule has 0 saturated carbocycles. The third kappa shape index (κ3) is 1.31. The maximum absolute atomic E-state index is 5.80. The molecule has 2 N–H and O–H groups in total. The number of nitrogens with two attached hydrogens (primary N) is 1. The number of hydrogen-bond acceptors (Lipinski definition) is 2. The lowest BCUT2D eigenvalue weighted by atomic mass is 10.2. The van der Waals surface area contributed by atoms with E-state index >= 15 is 0 Å². The van der Waals surface area contributed by atoms with Gasteiger partial charge in [-0.3, -0.25) is 0 Å². The van der Waals surface area contributed by atoms with Crippen LogP contribution in [0, 0.1) is 6.92 Å². The predicted molar refractivity (Wildman–Crippen MR) is 52.5 cm³/mol. The predicted octanol–water partition coefficient (Wildman–Crippen LogP) is 1.66. The fraction of sp³-hybridized carbons (Fsp3) is 0.300. The zero-order chi connectivity index (χ0) is 9.42. The van der Waals surface area contributed by atoms with Gasteiger partial charge in [0.1, 0.15) is 0 Å². The van der Waals surface area contributed by atoms with E-state index < -0.39 is 0 Å². The lowest BCUT2D eigenvalue weighted by Gasteiger charge is -2.02. The first-order valence-corrected chi connectivity index (χ1v) is 4.37. The first kappa shape index (κ1) is 8.26. The fourth-order valence-electron chi connectivity index (χ4n) is 1.46. The van der Waals surface area contributed by atoms with Gasteiger partial charge in [0.2, 0.25) is 0 Å². The Balaban J connectivity index is 2.71. The summed E-state index contributed by atoms with van der Waals surface area (Å²) in [7, 11) is 0. The summed E-state index contributed by atoms with van der Waals surface area (Å²) < 4.78 is 1.99. The number of aromatic nitrogens is 2. The van der Waals surface area contributed by atoms with E-state index in [1.807, 2.05) is 17.5 Å². The fourth-order valence-corrected chi connectivity index (χ4v) is 1.46. The Morgan fingerprint density at radius 3 is 3.00 bits per heavy atom. The number of nitrogens with zero attached hydrogens (tertiary/aromatic N) is 2. The van der Waals surface area contributed by atoms with Gasteiger partial charge >= 0.3 is 0 Å². The minimum absolute atomic E-state index is 0.00759. The SMILES string of the molecule is Cc1ccn2cnc(C(C)N)c2c1. The van der Waals surface area contributed by atoms with Crippen molar-refractivity contribution >= 4 is 5.52 Å². The van der Waals surface area contributed by atoms with Gasteiger partial charge in [-0.2, -0.15) is 0 Å². The van der Waals surface area contributed by atoms with Gasteiger partial charge in [0, 0.05) is 12.2 Å². The summed E-state index contributed by atoms with van der Waals surface area (Å²) in [6, 6.07) is 4.15. The second kappa shape index (κ2) is 2.85. The molecule has 3 heteroatoms. The van der Waals surface area contributed by atoms with Crippen LogP contribution < -0.4 is 5.73 Å². The largest absolute Gasteiger partial charge is 0.323 e. The third-order valence-corrected chi connectivity index (χ3v) is 2.16. The van der Waals surface area contributed by atoms with Crippen molar-refractivity contribution in [3.8, 4) is 0 Å². The molecule has 0 fully saturated rings. The Kier molecular flexibility index (Phi) is 1.81. The monoisotopic (exact) mass is 175 g/mol. The smallest absolute Gasteiger partial charge is 0.0996 e. The highest BCUT2D eigenvalue weighted by atomic mass is 15.0. The first-order chi connectivity index (χ1) is 6.18. The van der Waals surface area contributed by atoms with E-state index in [0.29, 0.717) is 0 Å². The lowest BCUT2D eigenvalue weighted by molar-refractivity contribution is 0.796. The van der Waals surface area contributed by atoms with E-state index in [0.717, 1.165) is 11.2 Å². The molecule has 0 spiro atoms. The van der Waals surface area contributed by atoms with Crippen LogP contribution in [0.2, 0.25) is 0 Å². The topological polar surface area (TPSA) is 43.3 Å². The van der Waals surface area contributed by atoms with Crippen LogP contribution in [-0.2, 0) is 0 Å². The molecule has 13 heavy (non-hydrogen) atoms. The van der Waals surface area contributed by atoms with Crippen molar-refractivity contribution in [1.82, 2.24) is 9.38 Å². The zero-order valence-corrected chi connectivity index (χ0v) is 7.86. The lowest BCUT2D eigenvalue weighted by Crippen LogP contribution is -2.05. The van der Waals surface area contributed by atoms with E-state index in [2.05, 4.69) is 24.0 Å². The first-order valence-electron chi connectivity index (χ1n) is 4.37. The molecule has 1 unspecified atom stereocenters. The zero-order valence-electron chi connectivity index (χ0n) is 7.86. The highest BCUT2D eigenvalue weighted by molar-refractivity contribution is 5.54. The summed E-state index contributed by atoms with van der Waals surface area (Å²) in [4.78, 5) is 4.27. The van der Waals surface area contributed by atoms with E-state index in [1.54, 1.807) is 6.33 Å². The van der Waals surface area contributed by atoms with Crippen LogP contribution in [0.4, 0.5) is 0 Å². The van der Waals surface area contributed by atoms with Crippen LogP contribution in [-0.4, -0.2) is 9.38 Å². The summed E-state index contributed by atoms with van der Waals surface area (Å²) in [6.45, 7) is 4.02. The highest BCUT2D eigenvalue weighted by Gasteiger charge is 2.07. The molecule has 2 rings (SSSR count). The highest BCUT2D eigenvalue weighted by Crippen LogP contribution is 2.16. The molecule has 2 heterocycles. The molecule has 0 radical (unpaired) electrons. The van der Waals surface area contributed by atoms with Crippen molar-refractivity contribution in [3.63, 3.8) is 0 Å². The average molecular weight is 175 g/mol. The van der Waals surface area contributed by atoms with Crippen molar-refractivity contribution in [3.05, 3.63) is 35.9 Å². The Bertz CT molecular complexity index is 429. The van der Waals surface area contributed by atoms with Crippen LogP contribution in [0.15, 0.2) is 24.7 Å². The van der Waals surface area contributed by atoms with Crippen molar-refractivity contribution in [1.29, 1.82) is 0 Å². The van der Waals surface area contributed by atoms with Crippen LogP contribution in [0.1, 0.15) is 24.2 Å². The number of pyridine rings is 1. The van der Waals surface area contributed by atoms with Gasteiger partial charge in [0.25, 0.3) is 0 Å². The van der Waals surface area contributed by atoms with E-state index in [4.69, 9.17) is 5.73 Å². The molecular weight excluding hydrogens is 162 g/mol. The molecule has 0 aliphatic rings. The Morgan fingerprint density at radius 1 is 1.54 bits per heavy atom. The van der Waals surface area contributed by atoms with Crippen molar-refractivity contribution in [2.75, 3.05) is 0 Å². The molecule has 0 aliphatic heterocycles. The van der Waals surface area contributed by atoms with Gasteiger partial charge in [0.15, 0.2) is 0 Å². The quantitative estimate of drug-likeness (QED) is 0.716. The minimum atomic E-state index is -0.00759. The number of rotatable bonds is 1. The second-order valence-electron chi connectivity index (χ2n) is 3.42. The van der Waals surface area contributed by atoms with Gasteiger partial charge in [0.05, 0.1) is 17.5 Å². The number of hydrogen-bond donors (Lipinski definition) is 1. The molecule has 2 aromatic rings. The Labute approximate surface area is 77.2 Å². The molecule has 0 bridgehead atoms. The van der Waals surface area contributed by atoms with Crippen molar-refractivity contribution in [2.24, 2.45) is 5.73 Å². The Hall–Kier alpha value is -1.35. The van der Waals surface area contributed by atoms with E-state index in [9.17, 15) is 0 Å². The molecule has 2 aromatic heterocycles. The molecule has 1 atom stereocenters. The summed E-state index contributed by atoms with van der Waals surface area (Å²) in [5.41, 5.74) is 9.10. The number of aryl methyl sites for hydroxylation is 1. The number of imidazole rings is 1. The molecule has 0 aromatic carbocycles. The molecule has 0 saturated heterocycles. The normalized spacial score (nSPS) is 13.5. The van der Waals surface area contributed by atoms with Crippen LogP contribution in [0.25, 0.3) is 5.52 Å². The van der Waals surface area contributed by atoms with Crippen LogP contribution in [0.3, 0.4) is 0 Å². The van der Waals surface area contributed by atoms with Crippen molar-refractivity contribution in [2.45, 2.75) is 19.9 Å². The van der Waals surface area contributed by atoms with Crippen molar-refractivity contribution < 1.29 is 0 Å². The maximum Gasteiger partial charge on any atom is 0.0996 e. The number of fused-ring (bicyclic) bond motifs is 1. The van der Waals surface area contributed by atoms with E-state index in [-0.39, 0.29) is 6.04 Å². The van der Waals surface area contributed by atoms with Gasteiger partial charge in [-0.15, -0.1) is 0 Å². The summed E-state index contributed by atoms with van der Waals surface area (Å²) in [5, 5.41) is 0. The van der Waals surface area contributed by atoms with Gasteiger partial charge in [-0.1, -0.05) is 0 Å². The van der Waals surface area contributed by atoms with Gasteiger partial charge < -0.3 is 10.1 Å². The maximum atomic E-state index is 5.80. The molecule has 0 aliphatic carbocycles. The summed E-state index contributed by atoms with van der Waals surface area (Å²) in [6.07, 6.45) is 3.80. The molecular formula is C10H13N3. The minimum Gasteiger partial charge on any atom is -0.323 e. The van der Waals surface area contributed by atoms with E-state index in [1.165, 1.54) is 5.56 Å². The molecule has 3 nitrogen and oxygen atoms in total. The molecule has 0 amide bonds. The summed E-state index contributed by atoms with van der Waals surface area (Å²) in [5.74, 6) is 0. The average Bonchev–Trinajstić information content (AvgIpc) is 2.46. The van der Waals surface area contributed by atoms with Crippen LogP contribution in [0.5, 0.6) is 0 Å². The second-order valence-corrected chi connectivity index (χ2v) is 3.42. The van der Waals surface area contributed by atoms with Crippen LogP contribution >= 0.6 is 0 Å².